The molecule has 1 fully saturated rings. The zero-order chi connectivity index (χ0) is 32.0. The maximum Gasteiger partial charge on any atom is 0.416 e. The molecule has 0 aliphatic carbocycles. The Kier molecular flexibility index (Phi) is 11.6. The molecule has 10 nitrogen and oxygen atoms in total. The van der Waals surface area contributed by atoms with Gasteiger partial charge in [-0.25, -0.2) is 4.79 Å². The number of piperidine rings is 1. The standard InChI is InChI=1S/C27H34Cl2F3N5O5S/c1-26(2,3)42-25(39)37-12-8-17(9-13-37)16-33-10-11-34-43(40,41)36-22-7-5-19(28)15-20(22)24(38)35-23-6-4-18(14-21(23)29)27(30,31)32/h4-7,14-15,17,33-34,36H,8-13,16H2,1-3H3,(H,35,38). The number of ether oxygens (including phenoxy) is 1. The SMILES string of the molecule is CC(C)(C)OC(=O)N1CCC(CNCCNS(=O)(=O)Nc2ccc(Cl)cc2C(=O)Nc2ccc(C(F)(F)F)cc2Cl)CC1. The van der Waals surface area contributed by atoms with Gasteiger partial charge in [-0.2, -0.15) is 26.3 Å². The number of carbonyl (C=O) groups is 2. The molecule has 3 rings (SSSR count). The summed E-state index contributed by atoms with van der Waals surface area (Å²) in [5.74, 6) is -0.525. The summed E-state index contributed by atoms with van der Waals surface area (Å²) in [5, 5.41) is 5.35. The minimum atomic E-state index is -4.62. The second kappa shape index (κ2) is 14.3. The van der Waals surface area contributed by atoms with E-state index in [9.17, 15) is 31.2 Å². The molecular weight excluding hydrogens is 634 g/mol. The number of hydrogen-bond acceptors (Lipinski definition) is 6. The van der Waals surface area contributed by atoms with Crippen molar-refractivity contribution in [3.63, 3.8) is 0 Å². The van der Waals surface area contributed by atoms with Crippen LogP contribution in [0.2, 0.25) is 10.0 Å². The lowest BCUT2D eigenvalue weighted by atomic mass is 9.97. The molecule has 0 radical (unpaired) electrons. The Morgan fingerprint density at radius 1 is 1.00 bits per heavy atom. The van der Waals surface area contributed by atoms with Crippen LogP contribution in [0.1, 0.15) is 49.5 Å². The van der Waals surface area contributed by atoms with Crippen LogP contribution in [0, 0.1) is 5.92 Å². The Morgan fingerprint density at radius 3 is 2.26 bits per heavy atom. The minimum absolute atomic E-state index is 0.0440. The van der Waals surface area contributed by atoms with Crippen molar-refractivity contribution in [2.75, 3.05) is 42.8 Å². The average Bonchev–Trinajstić information content (AvgIpc) is 2.89. The normalized spacial score (nSPS) is 14.8. The first kappa shape index (κ1) is 34.7. The highest BCUT2D eigenvalue weighted by Gasteiger charge is 2.31. The first-order chi connectivity index (χ1) is 19.9. The van der Waals surface area contributed by atoms with E-state index >= 15 is 0 Å². The number of alkyl halides is 3. The molecule has 4 N–H and O–H groups in total. The zero-order valence-corrected chi connectivity index (χ0v) is 26.1. The third-order valence-corrected chi connectivity index (χ3v) is 7.93. The Hall–Kier alpha value is -2.78. The first-order valence-electron chi connectivity index (χ1n) is 13.4. The van der Waals surface area contributed by atoms with Crippen LogP contribution in [0.15, 0.2) is 36.4 Å². The van der Waals surface area contributed by atoms with E-state index in [1.165, 1.54) is 18.2 Å². The van der Waals surface area contributed by atoms with Crippen LogP contribution >= 0.6 is 23.2 Å². The van der Waals surface area contributed by atoms with E-state index in [0.29, 0.717) is 38.2 Å². The Bertz CT molecular complexity index is 1410. The summed E-state index contributed by atoms with van der Waals surface area (Å²) < 4.78 is 74.2. The van der Waals surface area contributed by atoms with Crippen LogP contribution in [0.5, 0.6) is 0 Å². The van der Waals surface area contributed by atoms with E-state index < -0.39 is 33.5 Å². The summed E-state index contributed by atoms with van der Waals surface area (Å²) in [6, 6.07) is 6.29. The average molecular weight is 669 g/mol. The smallest absolute Gasteiger partial charge is 0.416 e. The Morgan fingerprint density at radius 2 is 1.65 bits per heavy atom. The predicted molar refractivity (Wildman–Crippen MR) is 160 cm³/mol. The van der Waals surface area contributed by atoms with E-state index in [4.69, 9.17) is 27.9 Å². The predicted octanol–water partition coefficient (Wildman–Crippen LogP) is 5.75. The van der Waals surface area contributed by atoms with Crippen LogP contribution in [0.25, 0.3) is 0 Å². The van der Waals surface area contributed by atoms with Crippen molar-refractivity contribution < 1.29 is 35.9 Å². The zero-order valence-electron chi connectivity index (χ0n) is 23.8. The number of nitrogens with one attached hydrogen (secondary N) is 4. The summed E-state index contributed by atoms with van der Waals surface area (Å²) in [6.07, 6.45) is -3.36. The lowest BCUT2D eigenvalue weighted by Gasteiger charge is -2.33. The molecule has 2 aromatic rings. The van der Waals surface area contributed by atoms with E-state index in [1.807, 2.05) is 20.8 Å². The van der Waals surface area contributed by atoms with Gasteiger partial charge < -0.3 is 20.3 Å². The van der Waals surface area contributed by atoms with Gasteiger partial charge in [0.2, 0.25) is 0 Å². The molecule has 1 heterocycles. The number of hydrogen-bond donors (Lipinski definition) is 4. The van der Waals surface area contributed by atoms with Crippen molar-refractivity contribution in [1.29, 1.82) is 0 Å². The van der Waals surface area contributed by atoms with Crippen LogP contribution in [-0.4, -0.2) is 63.6 Å². The van der Waals surface area contributed by atoms with Gasteiger partial charge in [-0.05, 0) is 82.5 Å². The van der Waals surface area contributed by atoms with Crippen LogP contribution in [-0.2, 0) is 21.1 Å². The van der Waals surface area contributed by atoms with E-state index in [1.54, 1.807) is 4.90 Å². The summed E-state index contributed by atoms with van der Waals surface area (Å²) in [7, 11) is -4.12. The summed E-state index contributed by atoms with van der Waals surface area (Å²) >= 11 is 11.9. The lowest BCUT2D eigenvalue weighted by molar-refractivity contribution is -0.137. The van der Waals surface area contributed by atoms with Gasteiger partial charge in [0.1, 0.15) is 5.60 Å². The molecule has 0 unspecified atom stereocenters. The molecule has 1 aliphatic rings. The Balaban J connectivity index is 1.49. The minimum Gasteiger partial charge on any atom is -0.444 e. The molecule has 1 aliphatic heterocycles. The number of nitrogens with zero attached hydrogens (tertiary/aromatic N) is 1. The third-order valence-electron chi connectivity index (χ3n) is 6.31. The van der Waals surface area contributed by atoms with Crippen LogP contribution in [0.4, 0.5) is 29.3 Å². The van der Waals surface area contributed by atoms with Gasteiger partial charge in [0.15, 0.2) is 0 Å². The van der Waals surface area contributed by atoms with Gasteiger partial charge in [0, 0.05) is 31.2 Å². The molecule has 0 bridgehead atoms. The first-order valence-corrected chi connectivity index (χ1v) is 15.6. The highest BCUT2D eigenvalue weighted by atomic mass is 35.5. The highest BCUT2D eigenvalue weighted by Crippen LogP contribution is 2.34. The summed E-state index contributed by atoms with van der Waals surface area (Å²) in [6.45, 7) is 7.64. The number of likely N-dealkylation sites (tertiary alicyclic amines) is 1. The lowest BCUT2D eigenvalue weighted by Crippen LogP contribution is -2.43. The molecular formula is C27H34Cl2F3N5O5S. The molecule has 2 aromatic carbocycles. The van der Waals surface area contributed by atoms with Gasteiger partial charge in [-0.3, -0.25) is 9.52 Å². The second-order valence-corrected chi connectivity index (χ2v) is 13.3. The summed E-state index contributed by atoms with van der Waals surface area (Å²) in [5.41, 5.74) is -1.93. The molecule has 16 heteroatoms. The van der Waals surface area contributed by atoms with Crippen LogP contribution in [0.3, 0.4) is 0 Å². The van der Waals surface area contributed by atoms with Crippen molar-refractivity contribution in [2.24, 2.45) is 5.92 Å². The molecule has 1 saturated heterocycles. The third kappa shape index (κ3) is 11.0. The fraction of sp³-hybridized carbons (Fsp3) is 0.481. The maximum absolute atomic E-state index is 12.9. The van der Waals surface area contributed by atoms with E-state index in [-0.39, 0.29) is 39.6 Å². The molecule has 0 aromatic heterocycles. The molecule has 0 saturated carbocycles. The Labute approximate surface area is 258 Å². The van der Waals surface area contributed by atoms with Crippen LogP contribution < -0.4 is 20.1 Å². The number of amides is 2. The van der Waals surface area contributed by atoms with Crippen molar-refractivity contribution in [3.05, 3.63) is 57.6 Å². The van der Waals surface area contributed by atoms with Gasteiger partial charge in [-0.15, -0.1) is 0 Å². The topological polar surface area (TPSA) is 129 Å². The maximum atomic E-state index is 12.9. The number of benzene rings is 2. The quantitative estimate of drug-likeness (QED) is 0.239. The molecule has 2 amide bonds. The second-order valence-electron chi connectivity index (χ2n) is 11.0. The van der Waals surface area contributed by atoms with E-state index in [2.05, 4.69) is 20.1 Å². The fourth-order valence-corrected chi connectivity index (χ4v) is 5.49. The monoisotopic (exact) mass is 667 g/mol. The number of rotatable bonds is 10. The van der Waals surface area contributed by atoms with E-state index in [0.717, 1.165) is 25.0 Å². The number of anilines is 2. The van der Waals surface area contributed by atoms with Crippen molar-refractivity contribution in [3.8, 4) is 0 Å². The highest BCUT2D eigenvalue weighted by molar-refractivity contribution is 7.90. The van der Waals surface area contributed by atoms with Crippen molar-refractivity contribution in [2.45, 2.75) is 45.4 Å². The molecule has 43 heavy (non-hydrogen) atoms. The van der Waals surface area contributed by atoms with Gasteiger partial charge in [0.25, 0.3) is 16.1 Å². The van der Waals surface area contributed by atoms with Gasteiger partial charge in [-0.1, -0.05) is 23.2 Å². The largest absolute Gasteiger partial charge is 0.444 e. The molecule has 238 valence electrons. The van der Waals surface area contributed by atoms with Gasteiger partial charge in [0.05, 0.1) is 27.5 Å². The molecule has 0 spiro atoms. The van der Waals surface area contributed by atoms with Gasteiger partial charge >= 0.3 is 12.3 Å². The van der Waals surface area contributed by atoms with Crippen molar-refractivity contribution in [1.82, 2.24) is 14.9 Å². The number of carbonyl (C=O) groups excluding carboxylic acids is 2. The molecule has 0 atom stereocenters. The fourth-order valence-electron chi connectivity index (χ4n) is 4.18. The summed E-state index contributed by atoms with van der Waals surface area (Å²) in [4.78, 5) is 26.8. The number of halogens is 5. The van der Waals surface area contributed by atoms with Crippen molar-refractivity contribution >= 4 is 56.8 Å².